The van der Waals surface area contributed by atoms with Crippen LogP contribution in [0.5, 0.6) is 5.88 Å². The van der Waals surface area contributed by atoms with Crippen molar-refractivity contribution in [2.24, 2.45) is 0 Å². The van der Waals surface area contributed by atoms with E-state index in [9.17, 15) is 9.18 Å². The monoisotopic (exact) mass is 301 g/mol. The van der Waals surface area contributed by atoms with Gasteiger partial charge in [-0.3, -0.25) is 0 Å². The Bertz CT molecular complexity index is 675. The Kier molecular flexibility index (Phi) is 3.91. The Morgan fingerprint density at radius 3 is 2.82 bits per heavy atom. The van der Waals surface area contributed by atoms with E-state index >= 15 is 0 Å². The maximum absolute atomic E-state index is 12.9. The fourth-order valence-electron chi connectivity index (χ4n) is 2.41. The first-order chi connectivity index (χ1) is 10.7. The number of methoxy groups -OCH3 is 1. The zero-order chi connectivity index (χ0) is 15.5. The summed E-state index contributed by atoms with van der Waals surface area (Å²) in [5, 5.41) is 5.61. The number of carbonyl (C=O) groups is 1. The predicted molar refractivity (Wildman–Crippen MR) is 80.5 cm³/mol. The number of nitrogens with zero attached hydrogens (tertiary/aromatic N) is 1. The Balaban J connectivity index is 1.56. The minimum absolute atomic E-state index is 0.0631. The van der Waals surface area contributed by atoms with Gasteiger partial charge in [0.25, 0.3) is 0 Å². The number of nitrogens with one attached hydrogen (secondary N) is 2. The highest BCUT2D eigenvalue weighted by Gasteiger charge is 2.39. The summed E-state index contributed by atoms with van der Waals surface area (Å²) in [6.07, 6.45) is 2.44. The standard InChI is InChI=1S/C16H16FN3O2/c1-22-15-13(3-2-8-18-15)19-16(21)20-14-9-12(14)10-4-6-11(17)7-5-10/h2-8,12,14H,9H2,1H3,(H2,19,20,21)/t12-,14-/m1/s1. The highest BCUT2D eigenvalue weighted by Crippen LogP contribution is 2.40. The van der Waals surface area contributed by atoms with Crippen LogP contribution in [0.1, 0.15) is 17.9 Å². The van der Waals surface area contributed by atoms with E-state index in [4.69, 9.17) is 4.74 Å². The highest BCUT2D eigenvalue weighted by atomic mass is 19.1. The molecule has 1 aromatic heterocycles. The summed E-state index contributed by atoms with van der Waals surface area (Å²) in [7, 11) is 1.50. The molecular formula is C16H16FN3O2. The van der Waals surface area contributed by atoms with E-state index in [0.717, 1.165) is 12.0 Å². The molecule has 0 radical (unpaired) electrons. The Hall–Kier alpha value is -2.63. The van der Waals surface area contributed by atoms with Crippen molar-refractivity contribution in [3.05, 3.63) is 54.0 Å². The van der Waals surface area contributed by atoms with Gasteiger partial charge in [0, 0.05) is 18.2 Å². The SMILES string of the molecule is COc1ncccc1NC(=O)N[C@@H]1C[C@@H]1c1ccc(F)cc1. The lowest BCUT2D eigenvalue weighted by Crippen LogP contribution is -2.31. The number of amides is 2. The van der Waals surface area contributed by atoms with Gasteiger partial charge in [0.15, 0.2) is 0 Å². The number of ether oxygens (including phenoxy) is 1. The van der Waals surface area contributed by atoms with Crippen molar-refractivity contribution in [3.63, 3.8) is 0 Å². The van der Waals surface area contributed by atoms with E-state index in [2.05, 4.69) is 15.6 Å². The number of benzene rings is 1. The zero-order valence-electron chi connectivity index (χ0n) is 12.0. The van der Waals surface area contributed by atoms with Crippen LogP contribution in [0.3, 0.4) is 0 Å². The Morgan fingerprint density at radius 2 is 2.09 bits per heavy atom. The summed E-state index contributed by atoms with van der Waals surface area (Å²) in [6, 6.07) is 9.57. The number of pyridine rings is 1. The first-order valence-corrected chi connectivity index (χ1v) is 6.99. The van der Waals surface area contributed by atoms with E-state index < -0.39 is 0 Å². The van der Waals surface area contributed by atoms with Crippen LogP contribution in [0.4, 0.5) is 14.9 Å². The molecule has 1 aromatic carbocycles. The molecule has 1 saturated carbocycles. The van der Waals surface area contributed by atoms with E-state index in [1.165, 1.54) is 19.2 Å². The van der Waals surface area contributed by atoms with Gasteiger partial charge in [-0.05, 0) is 36.2 Å². The maximum Gasteiger partial charge on any atom is 0.319 e. The number of halogens is 1. The summed E-state index contributed by atoms with van der Waals surface area (Å²) in [5.41, 5.74) is 1.55. The van der Waals surface area contributed by atoms with Crippen molar-refractivity contribution in [1.29, 1.82) is 0 Å². The lowest BCUT2D eigenvalue weighted by molar-refractivity contribution is 0.251. The number of aromatic nitrogens is 1. The zero-order valence-corrected chi connectivity index (χ0v) is 12.0. The van der Waals surface area contributed by atoms with Crippen LogP contribution in [-0.2, 0) is 0 Å². The molecule has 1 heterocycles. The Labute approximate surface area is 127 Å². The molecule has 6 heteroatoms. The Morgan fingerprint density at radius 1 is 1.32 bits per heavy atom. The molecule has 1 aliphatic carbocycles. The number of carbonyl (C=O) groups excluding carboxylic acids is 1. The largest absolute Gasteiger partial charge is 0.480 e. The minimum Gasteiger partial charge on any atom is -0.480 e. The van der Waals surface area contributed by atoms with Gasteiger partial charge in [0.05, 0.1) is 7.11 Å². The first-order valence-electron chi connectivity index (χ1n) is 6.99. The minimum atomic E-state index is -0.305. The molecule has 114 valence electrons. The summed E-state index contributed by atoms with van der Waals surface area (Å²) in [6.45, 7) is 0. The van der Waals surface area contributed by atoms with Gasteiger partial charge in [-0.15, -0.1) is 0 Å². The van der Waals surface area contributed by atoms with Crippen LogP contribution in [0.2, 0.25) is 0 Å². The van der Waals surface area contributed by atoms with Gasteiger partial charge >= 0.3 is 6.03 Å². The number of anilines is 1. The number of urea groups is 1. The second kappa shape index (κ2) is 6.01. The third-order valence-electron chi connectivity index (χ3n) is 3.62. The van der Waals surface area contributed by atoms with Crippen molar-refractivity contribution in [3.8, 4) is 5.88 Å². The van der Waals surface area contributed by atoms with Gasteiger partial charge in [-0.2, -0.15) is 0 Å². The molecule has 2 atom stereocenters. The first kappa shape index (κ1) is 14.3. The molecule has 5 nitrogen and oxygen atoms in total. The second-order valence-electron chi connectivity index (χ2n) is 5.16. The van der Waals surface area contributed by atoms with E-state index in [-0.39, 0.29) is 23.8 Å². The van der Waals surface area contributed by atoms with Gasteiger partial charge in [0.2, 0.25) is 5.88 Å². The number of hydrogen-bond donors (Lipinski definition) is 2. The summed E-state index contributed by atoms with van der Waals surface area (Å²) in [5.74, 6) is 0.348. The van der Waals surface area contributed by atoms with E-state index in [1.807, 2.05) is 0 Å². The van der Waals surface area contributed by atoms with Crippen LogP contribution >= 0.6 is 0 Å². The highest BCUT2D eigenvalue weighted by molar-refractivity contribution is 5.91. The molecule has 0 unspecified atom stereocenters. The van der Waals surface area contributed by atoms with Crippen molar-refractivity contribution in [2.75, 3.05) is 12.4 Å². The third kappa shape index (κ3) is 3.16. The van der Waals surface area contributed by atoms with Gasteiger partial charge in [-0.25, -0.2) is 14.2 Å². The van der Waals surface area contributed by atoms with Crippen molar-refractivity contribution in [2.45, 2.75) is 18.4 Å². The van der Waals surface area contributed by atoms with Gasteiger partial charge in [-0.1, -0.05) is 12.1 Å². The molecule has 0 bridgehead atoms. The predicted octanol–water partition coefficient (Wildman–Crippen LogP) is 2.91. The number of rotatable bonds is 4. The lowest BCUT2D eigenvalue weighted by Gasteiger charge is -2.10. The van der Waals surface area contributed by atoms with Crippen LogP contribution in [0.25, 0.3) is 0 Å². The van der Waals surface area contributed by atoms with Crippen LogP contribution in [0.15, 0.2) is 42.6 Å². The average molecular weight is 301 g/mol. The summed E-state index contributed by atoms with van der Waals surface area (Å²) in [4.78, 5) is 16.0. The molecule has 2 aromatic rings. The van der Waals surface area contributed by atoms with Gasteiger partial charge < -0.3 is 15.4 Å². The quantitative estimate of drug-likeness (QED) is 0.912. The molecule has 2 N–H and O–H groups in total. The normalized spacial score (nSPS) is 19.4. The van der Waals surface area contributed by atoms with Crippen LogP contribution < -0.4 is 15.4 Å². The summed E-state index contributed by atoms with van der Waals surface area (Å²) < 4.78 is 18.0. The fourth-order valence-corrected chi connectivity index (χ4v) is 2.41. The molecule has 1 aliphatic rings. The van der Waals surface area contributed by atoms with Crippen molar-refractivity contribution >= 4 is 11.7 Å². The van der Waals surface area contributed by atoms with Gasteiger partial charge in [0.1, 0.15) is 11.5 Å². The molecule has 1 fully saturated rings. The topological polar surface area (TPSA) is 63.2 Å². The molecular weight excluding hydrogens is 285 g/mol. The van der Waals surface area contributed by atoms with E-state index in [1.54, 1.807) is 30.5 Å². The number of hydrogen-bond acceptors (Lipinski definition) is 3. The fraction of sp³-hybridized carbons (Fsp3) is 0.250. The second-order valence-corrected chi connectivity index (χ2v) is 5.16. The molecule has 22 heavy (non-hydrogen) atoms. The van der Waals surface area contributed by atoms with Crippen LogP contribution in [-0.4, -0.2) is 24.2 Å². The van der Waals surface area contributed by atoms with E-state index in [0.29, 0.717) is 11.6 Å². The van der Waals surface area contributed by atoms with Crippen LogP contribution in [0, 0.1) is 5.82 Å². The average Bonchev–Trinajstić information content (AvgIpc) is 3.27. The molecule has 0 spiro atoms. The molecule has 0 saturated heterocycles. The van der Waals surface area contributed by atoms with Crippen molar-refractivity contribution in [1.82, 2.24) is 10.3 Å². The molecule has 0 aliphatic heterocycles. The maximum atomic E-state index is 12.9. The molecule has 3 rings (SSSR count). The van der Waals surface area contributed by atoms with Crippen molar-refractivity contribution < 1.29 is 13.9 Å². The smallest absolute Gasteiger partial charge is 0.319 e. The lowest BCUT2D eigenvalue weighted by atomic mass is 10.1. The third-order valence-corrected chi connectivity index (χ3v) is 3.62. The molecule has 2 amide bonds. The summed E-state index contributed by atoms with van der Waals surface area (Å²) >= 11 is 0.